The van der Waals surface area contributed by atoms with Crippen LogP contribution in [0, 0.1) is 6.92 Å². The smallest absolute Gasteiger partial charge is 0.321 e. The number of carbonyl (C=O) groups excluding carboxylic acids is 2. The molecule has 0 aliphatic heterocycles. The molecule has 0 atom stereocenters. The van der Waals surface area contributed by atoms with E-state index in [1.165, 1.54) is 17.7 Å². The van der Waals surface area contributed by atoms with Crippen molar-refractivity contribution in [3.63, 3.8) is 0 Å². The second-order valence-corrected chi connectivity index (χ2v) is 5.95. The number of nitrogens with one attached hydrogen (secondary N) is 2. The molecule has 5 heteroatoms. The van der Waals surface area contributed by atoms with Gasteiger partial charge in [0.1, 0.15) is 5.75 Å². The number of urea groups is 1. The summed E-state index contributed by atoms with van der Waals surface area (Å²) in [5, 5.41) is 14.6. The molecule has 2 aromatic rings. The third-order valence-corrected chi connectivity index (χ3v) is 3.87. The molecule has 24 heavy (non-hydrogen) atoms. The molecule has 0 radical (unpaired) electrons. The average molecular weight is 326 g/mol. The van der Waals surface area contributed by atoms with Crippen LogP contribution in [-0.4, -0.2) is 17.0 Å². The summed E-state index contributed by atoms with van der Waals surface area (Å²) in [5.41, 5.74) is 3.37. The van der Waals surface area contributed by atoms with Crippen molar-refractivity contribution in [2.45, 2.75) is 33.2 Å². The maximum atomic E-state index is 12.0. The maximum absolute atomic E-state index is 12.0. The Hall–Kier alpha value is -2.82. The van der Waals surface area contributed by atoms with Crippen molar-refractivity contribution in [1.82, 2.24) is 10.6 Å². The second-order valence-electron chi connectivity index (χ2n) is 5.95. The number of hydrogen-bond donors (Lipinski definition) is 3. The lowest BCUT2D eigenvalue weighted by Crippen LogP contribution is -2.39. The molecule has 0 spiro atoms. The van der Waals surface area contributed by atoms with Gasteiger partial charge in [0.2, 0.25) is 0 Å². The van der Waals surface area contributed by atoms with Gasteiger partial charge >= 0.3 is 6.03 Å². The van der Waals surface area contributed by atoms with Gasteiger partial charge in [-0.25, -0.2) is 4.79 Å². The lowest BCUT2D eigenvalue weighted by Gasteiger charge is -2.16. The van der Waals surface area contributed by atoms with Gasteiger partial charge in [0, 0.05) is 6.54 Å². The summed E-state index contributed by atoms with van der Waals surface area (Å²) in [4.78, 5) is 24.0. The van der Waals surface area contributed by atoms with Gasteiger partial charge in [0.25, 0.3) is 5.91 Å². The van der Waals surface area contributed by atoms with E-state index >= 15 is 0 Å². The van der Waals surface area contributed by atoms with E-state index in [1.807, 2.05) is 25.1 Å². The van der Waals surface area contributed by atoms with E-state index in [1.54, 1.807) is 12.1 Å². The molecule has 3 amide bonds. The summed E-state index contributed by atoms with van der Waals surface area (Å²) in [5.74, 6) is -0.462. The van der Waals surface area contributed by atoms with E-state index in [9.17, 15) is 14.7 Å². The summed E-state index contributed by atoms with van der Waals surface area (Å²) in [6.45, 7) is 6.52. The zero-order valence-corrected chi connectivity index (χ0v) is 14.1. The number of aromatic hydroxyl groups is 1. The van der Waals surface area contributed by atoms with E-state index in [-0.39, 0.29) is 11.3 Å². The number of aryl methyl sites for hydroxylation is 1. The first kappa shape index (κ1) is 17.5. The molecule has 126 valence electrons. The van der Waals surface area contributed by atoms with Crippen molar-refractivity contribution in [3.8, 4) is 5.75 Å². The molecular weight excluding hydrogens is 304 g/mol. The van der Waals surface area contributed by atoms with Crippen molar-refractivity contribution in [2.24, 2.45) is 0 Å². The summed E-state index contributed by atoms with van der Waals surface area (Å²) in [6, 6.07) is 11.5. The van der Waals surface area contributed by atoms with Crippen molar-refractivity contribution < 1.29 is 14.7 Å². The molecule has 2 rings (SSSR count). The van der Waals surface area contributed by atoms with Gasteiger partial charge in [-0.05, 0) is 41.7 Å². The largest absolute Gasteiger partial charge is 0.507 e. The molecule has 0 saturated heterocycles. The summed E-state index contributed by atoms with van der Waals surface area (Å²) >= 11 is 0. The molecule has 0 heterocycles. The van der Waals surface area contributed by atoms with Crippen LogP contribution >= 0.6 is 0 Å². The van der Waals surface area contributed by atoms with Crippen LogP contribution in [0.3, 0.4) is 0 Å². The van der Waals surface area contributed by atoms with Crippen molar-refractivity contribution >= 4 is 11.9 Å². The highest BCUT2D eigenvalue weighted by atomic mass is 16.3. The number of carbonyl (C=O) groups is 2. The summed E-state index contributed by atoms with van der Waals surface area (Å²) in [7, 11) is 0. The zero-order valence-electron chi connectivity index (χ0n) is 14.1. The minimum absolute atomic E-state index is 0.0615. The van der Waals surface area contributed by atoms with Gasteiger partial charge in [-0.15, -0.1) is 0 Å². The van der Waals surface area contributed by atoms with Crippen molar-refractivity contribution in [1.29, 1.82) is 0 Å². The normalized spacial score (nSPS) is 10.5. The molecule has 5 nitrogen and oxygen atoms in total. The average Bonchev–Trinajstić information content (AvgIpc) is 2.53. The highest BCUT2D eigenvalue weighted by Gasteiger charge is 2.15. The van der Waals surface area contributed by atoms with Crippen molar-refractivity contribution in [3.05, 3.63) is 64.7 Å². The van der Waals surface area contributed by atoms with Crippen LogP contribution < -0.4 is 10.6 Å². The van der Waals surface area contributed by atoms with Crippen LogP contribution in [-0.2, 0) is 6.54 Å². The first-order valence-corrected chi connectivity index (χ1v) is 7.85. The fourth-order valence-corrected chi connectivity index (χ4v) is 2.56. The van der Waals surface area contributed by atoms with Gasteiger partial charge in [0.05, 0.1) is 5.56 Å². The number of para-hydroxylation sites is 1. The van der Waals surface area contributed by atoms with Crippen LogP contribution in [0.5, 0.6) is 5.75 Å². The Bertz CT molecular complexity index is 754. The highest BCUT2D eigenvalue weighted by Crippen LogP contribution is 2.22. The van der Waals surface area contributed by atoms with Crippen LogP contribution in [0.1, 0.15) is 46.8 Å². The van der Waals surface area contributed by atoms with Crippen molar-refractivity contribution in [2.75, 3.05) is 0 Å². The van der Waals surface area contributed by atoms with Gasteiger partial charge in [-0.2, -0.15) is 0 Å². The minimum Gasteiger partial charge on any atom is -0.507 e. The Balaban J connectivity index is 2.02. The number of hydrogen-bond acceptors (Lipinski definition) is 3. The lowest BCUT2D eigenvalue weighted by molar-refractivity contribution is 0.0961. The Morgan fingerprint density at radius 2 is 1.79 bits per heavy atom. The van der Waals surface area contributed by atoms with E-state index in [2.05, 4.69) is 24.5 Å². The summed E-state index contributed by atoms with van der Waals surface area (Å²) in [6.07, 6.45) is 0. The van der Waals surface area contributed by atoms with Crippen LogP contribution in [0.25, 0.3) is 0 Å². The molecule has 0 unspecified atom stereocenters. The number of amides is 3. The molecule has 0 aliphatic rings. The van der Waals surface area contributed by atoms with Crippen LogP contribution in [0.4, 0.5) is 4.79 Å². The standard InChI is InChI=1S/C19H22N2O3/c1-12(2)14-9-6-7-13(3)16(14)11-20-19(24)21-18(23)15-8-4-5-10-17(15)22/h4-10,12,22H,11H2,1-3H3,(H2,20,21,23,24). The molecule has 0 fully saturated rings. The van der Waals surface area contributed by atoms with E-state index in [4.69, 9.17) is 0 Å². The van der Waals surface area contributed by atoms with E-state index in [0.29, 0.717) is 12.5 Å². The number of phenols is 1. The first-order valence-electron chi connectivity index (χ1n) is 7.85. The number of imide groups is 1. The number of rotatable bonds is 4. The van der Waals surface area contributed by atoms with Gasteiger partial charge in [-0.3, -0.25) is 10.1 Å². The van der Waals surface area contributed by atoms with Gasteiger partial charge < -0.3 is 10.4 Å². The minimum atomic E-state index is -0.639. The second kappa shape index (κ2) is 7.64. The van der Waals surface area contributed by atoms with E-state index in [0.717, 1.165) is 11.1 Å². The monoisotopic (exact) mass is 326 g/mol. The molecule has 0 saturated carbocycles. The van der Waals surface area contributed by atoms with Gasteiger partial charge in [-0.1, -0.05) is 44.2 Å². The Morgan fingerprint density at radius 1 is 1.08 bits per heavy atom. The number of benzene rings is 2. The zero-order chi connectivity index (χ0) is 17.7. The Morgan fingerprint density at radius 3 is 2.46 bits per heavy atom. The predicted molar refractivity (Wildman–Crippen MR) is 93.1 cm³/mol. The van der Waals surface area contributed by atoms with E-state index < -0.39 is 11.9 Å². The molecular formula is C19H22N2O3. The first-order chi connectivity index (χ1) is 11.4. The highest BCUT2D eigenvalue weighted by molar-refractivity contribution is 6.05. The Labute approximate surface area is 141 Å². The molecule has 0 aromatic heterocycles. The summed E-state index contributed by atoms with van der Waals surface area (Å²) < 4.78 is 0. The molecule has 2 aromatic carbocycles. The Kier molecular flexibility index (Phi) is 5.58. The lowest BCUT2D eigenvalue weighted by atomic mass is 9.94. The fourth-order valence-electron chi connectivity index (χ4n) is 2.56. The quantitative estimate of drug-likeness (QED) is 0.805. The maximum Gasteiger partial charge on any atom is 0.321 e. The van der Waals surface area contributed by atoms with Gasteiger partial charge in [0.15, 0.2) is 0 Å². The third kappa shape index (κ3) is 4.13. The molecule has 0 aliphatic carbocycles. The SMILES string of the molecule is Cc1cccc(C(C)C)c1CNC(=O)NC(=O)c1ccccc1O. The predicted octanol–water partition coefficient (Wildman–Crippen LogP) is 3.46. The van der Waals surface area contributed by atoms with Crippen LogP contribution in [0.2, 0.25) is 0 Å². The fraction of sp³-hybridized carbons (Fsp3) is 0.263. The number of phenolic OH excluding ortho intramolecular Hbond substituents is 1. The topological polar surface area (TPSA) is 78.4 Å². The third-order valence-electron chi connectivity index (χ3n) is 3.87. The van der Waals surface area contributed by atoms with Crippen LogP contribution in [0.15, 0.2) is 42.5 Å². The molecule has 3 N–H and O–H groups in total. The molecule has 0 bridgehead atoms.